The molecule has 0 fully saturated rings. The fourth-order valence-corrected chi connectivity index (χ4v) is 2.57. The molecule has 1 aliphatic rings. The summed E-state index contributed by atoms with van der Waals surface area (Å²) in [6.07, 6.45) is 0. The molecule has 1 heterocycles. The van der Waals surface area contributed by atoms with E-state index >= 15 is 0 Å². The van der Waals surface area contributed by atoms with Crippen LogP contribution >= 0.6 is 11.3 Å². The summed E-state index contributed by atoms with van der Waals surface area (Å²) in [4.78, 5) is 7.28. The van der Waals surface area contributed by atoms with Crippen LogP contribution in [0.3, 0.4) is 0 Å². The van der Waals surface area contributed by atoms with Crippen molar-refractivity contribution in [2.24, 2.45) is 0 Å². The van der Waals surface area contributed by atoms with E-state index in [0.717, 1.165) is 0 Å². The number of rotatable bonds is 1. The highest BCUT2D eigenvalue weighted by atomic mass is 32.1. The van der Waals surface area contributed by atoms with Gasteiger partial charge in [0.1, 0.15) is 5.56 Å². The molecule has 0 radical (unpaired) electrons. The minimum Gasteiger partial charge on any atom is -0.258 e. The number of fused-ring (bicyclic) bond motifs is 1. The summed E-state index contributed by atoms with van der Waals surface area (Å²) in [5, 5.41) is 10.7. The van der Waals surface area contributed by atoms with Gasteiger partial charge in [0.15, 0.2) is 0 Å². The number of hydrogen-bond acceptors (Lipinski definition) is 3. The normalized spacial score (nSPS) is 23.4. The van der Waals surface area contributed by atoms with Crippen molar-refractivity contribution >= 4 is 17.0 Å². The van der Waals surface area contributed by atoms with Crippen molar-refractivity contribution in [3.63, 3.8) is 0 Å². The van der Waals surface area contributed by atoms with E-state index in [1.165, 1.54) is 0 Å². The van der Waals surface area contributed by atoms with Crippen LogP contribution in [0.15, 0.2) is 5.38 Å². The molecule has 0 unspecified atom stereocenters. The highest BCUT2D eigenvalue weighted by Crippen LogP contribution is 2.66. The fourth-order valence-electron chi connectivity index (χ4n) is 1.51. The lowest BCUT2D eigenvalue weighted by Gasteiger charge is -2.23. The molecule has 0 aliphatic heterocycles. The summed E-state index contributed by atoms with van der Waals surface area (Å²) in [7, 11) is 0. The van der Waals surface area contributed by atoms with E-state index in [4.69, 9.17) is 0 Å². The number of hydrogen-bond donors (Lipinski definition) is 0. The van der Waals surface area contributed by atoms with Crippen LogP contribution in [0.4, 0.5) is 32.0 Å². The first-order chi connectivity index (χ1) is 7.55. The zero-order valence-corrected chi connectivity index (χ0v) is 8.33. The van der Waals surface area contributed by atoms with Gasteiger partial charge in [0.05, 0.1) is 15.2 Å². The maximum Gasteiger partial charge on any atom is 0.381 e. The Hall–Kier alpha value is -1.32. The quantitative estimate of drug-likeness (QED) is 0.448. The molecule has 1 aromatic heterocycles. The van der Waals surface area contributed by atoms with Gasteiger partial charge in [-0.3, -0.25) is 10.1 Å². The van der Waals surface area contributed by atoms with Gasteiger partial charge < -0.3 is 0 Å². The summed E-state index contributed by atoms with van der Waals surface area (Å²) in [5.74, 6) is -16.0. The lowest BCUT2D eigenvalue weighted by Crippen LogP contribution is -2.43. The third-order valence-electron chi connectivity index (χ3n) is 2.36. The first-order valence-electron chi connectivity index (χ1n) is 3.95. The molecule has 0 N–H and O–H groups in total. The van der Waals surface area contributed by atoms with E-state index in [9.17, 15) is 36.5 Å². The van der Waals surface area contributed by atoms with Crippen LogP contribution in [-0.2, 0) is 11.8 Å². The van der Waals surface area contributed by atoms with Crippen molar-refractivity contribution in [1.29, 1.82) is 0 Å². The molecule has 0 saturated carbocycles. The highest BCUT2D eigenvalue weighted by Gasteiger charge is 2.81. The molecule has 10 heteroatoms. The van der Waals surface area contributed by atoms with Crippen LogP contribution in [0.1, 0.15) is 10.4 Å². The molecule has 94 valence electrons. The maximum absolute atomic E-state index is 13.1. The van der Waals surface area contributed by atoms with Crippen LogP contribution in [0.2, 0.25) is 0 Å². The molecule has 0 bridgehead atoms. The van der Waals surface area contributed by atoms with Crippen molar-refractivity contribution in [3.8, 4) is 0 Å². The predicted molar refractivity (Wildman–Crippen MR) is 43.7 cm³/mol. The molecule has 0 aromatic carbocycles. The van der Waals surface area contributed by atoms with Gasteiger partial charge in [0, 0.05) is 0 Å². The molecular formula is C7HF6NO2S. The predicted octanol–water partition coefficient (Wildman–Crippen LogP) is 3.49. The largest absolute Gasteiger partial charge is 0.381 e. The van der Waals surface area contributed by atoms with Crippen molar-refractivity contribution in [3.05, 3.63) is 25.9 Å². The van der Waals surface area contributed by atoms with Gasteiger partial charge in [-0.15, -0.1) is 11.3 Å². The molecule has 1 aromatic rings. The van der Waals surface area contributed by atoms with Gasteiger partial charge in [0.2, 0.25) is 0 Å². The number of halogens is 6. The van der Waals surface area contributed by atoms with E-state index < -0.39 is 38.8 Å². The second-order valence-corrected chi connectivity index (χ2v) is 4.19. The minimum absolute atomic E-state index is 0.173. The van der Waals surface area contributed by atoms with E-state index in [1.54, 1.807) is 0 Å². The average Bonchev–Trinajstić information content (AvgIpc) is 2.64. The van der Waals surface area contributed by atoms with Crippen LogP contribution < -0.4 is 0 Å². The SMILES string of the molecule is O=[N+]([O-])c1csc2c1C(F)(F)C(F)(F)C2(F)F. The maximum atomic E-state index is 13.1. The zero-order valence-electron chi connectivity index (χ0n) is 7.52. The van der Waals surface area contributed by atoms with Crippen molar-refractivity contribution in [2.45, 2.75) is 17.8 Å². The monoisotopic (exact) mass is 277 g/mol. The van der Waals surface area contributed by atoms with E-state index in [-0.39, 0.29) is 11.3 Å². The Balaban J connectivity index is 2.80. The van der Waals surface area contributed by atoms with Gasteiger partial charge in [-0.05, 0) is 0 Å². The van der Waals surface area contributed by atoms with Crippen LogP contribution in [0.5, 0.6) is 0 Å². The smallest absolute Gasteiger partial charge is 0.258 e. The summed E-state index contributed by atoms with van der Waals surface area (Å²) < 4.78 is 78.1. The van der Waals surface area contributed by atoms with Gasteiger partial charge in [0.25, 0.3) is 5.69 Å². The Morgan fingerprint density at radius 1 is 1.12 bits per heavy atom. The summed E-state index contributed by atoms with van der Waals surface area (Å²) in [5.41, 5.74) is -3.30. The van der Waals surface area contributed by atoms with Crippen molar-refractivity contribution in [1.82, 2.24) is 0 Å². The molecule has 3 nitrogen and oxygen atoms in total. The second-order valence-electron chi connectivity index (χ2n) is 3.31. The molecular weight excluding hydrogens is 276 g/mol. The molecule has 17 heavy (non-hydrogen) atoms. The van der Waals surface area contributed by atoms with Crippen molar-refractivity contribution < 1.29 is 31.3 Å². The number of nitro groups is 1. The topological polar surface area (TPSA) is 43.1 Å². The Morgan fingerprint density at radius 3 is 2.12 bits per heavy atom. The zero-order chi connectivity index (χ0) is 13.2. The third-order valence-corrected chi connectivity index (χ3v) is 3.39. The molecule has 1 aliphatic carbocycles. The molecule has 0 amide bonds. The summed E-state index contributed by atoms with van der Waals surface area (Å²) in [6.45, 7) is 0. The Morgan fingerprint density at radius 2 is 1.65 bits per heavy atom. The summed E-state index contributed by atoms with van der Waals surface area (Å²) in [6, 6.07) is 0. The first-order valence-corrected chi connectivity index (χ1v) is 4.83. The van der Waals surface area contributed by atoms with Gasteiger partial charge >= 0.3 is 17.8 Å². The highest BCUT2D eigenvalue weighted by molar-refractivity contribution is 7.10. The average molecular weight is 277 g/mol. The number of thiophene rings is 1. The molecule has 0 spiro atoms. The van der Waals surface area contributed by atoms with Crippen LogP contribution in [-0.4, -0.2) is 10.8 Å². The molecule has 2 rings (SSSR count). The third kappa shape index (κ3) is 1.13. The number of alkyl halides is 6. The van der Waals surface area contributed by atoms with E-state index in [0.29, 0.717) is 5.38 Å². The van der Waals surface area contributed by atoms with Crippen LogP contribution in [0.25, 0.3) is 0 Å². The lowest BCUT2D eigenvalue weighted by molar-refractivity contribution is -0.388. The second kappa shape index (κ2) is 2.92. The van der Waals surface area contributed by atoms with Crippen LogP contribution in [0, 0.1) is 10.1 Å². The van der Waals surface area contributed by atoms with Gasteiger partial charge in [-0.25, -0.2) is 0 Å². The van der Waals surface area contributed by atoms with Gasteiger partial charge in [-0.2, -0.15) is 26.3 Å². The van der Waals surface area contributed by atoms with E-state index in [1.807, 2.05) is 0 Å². The molecule has 0 saturated heterocycles. The van der Waals surface area contributed by atoms with E-state index in [2.05, 4.69) is 0 Å². The van der Waals surface area contributed by atoms with Crippen molar-refractivity contribution in [2.75, 3.05) is 0 Å². The summed E-state index contributed by atoms with van der Waals surface area (Å²) >= 11 is -0.173. The Bertz CT molecular complexity index is 510. The Kier molecular flexibility index (Phi) is 2.09. The first kappa shape index (κ1) is 12.1. The number of nitrogens with zero attached hydrogens (tertiary/aromatic N) is 1. The Labute approximate surface area is 92.8 Å². The van der Waals surface area contributed by atoms with Gasteiger partial charge in [-0.1, -0.05) is 0 Å². The lowest BCUT2D eigenvalue weighted by atomic mass is 10.1. The molecule has 0 atom stereocenters. The minimum atomic E-state index is -5.66. The standard InChI is InChI=1S/C7HF6NO2S/c8-5(9)3-2(14(15)16)1-17-4(3)6(10,11)7(5,12)13/h1H. The fraction of sp³-hybridized carbons (Fsp3) is 0.429.